The molecule has 5 nitrogen and oxygen atoms in total. The summed E-state index contributed by atoms with van der Waals surface area (Å²) in [6.07, 6.45) is 8.08. The molecule has 4 fully saturated rings. The quantitative estimate of drug-likeness (QED) is 0.671. The Hall–Kier alpha value is -1.07. The van der Waals surface area contributed by atoms with E-state index in [9.17, 15) is 9.90 Å². The van der Waals surface area contributed by atoms with Crippen molar-refractivity contribution >= 4 is 5.97 Å². The first-order chi connectivity index (χ1) is 12.4. The van der Waals surface area contributed by atoms with Gasteiger partial charge in [-0.1, -0.05) is 6.92 Å². The number of fused-ring (bicyclic) bond motifs is 3. The largest absolute Gasteiger partial charge is 0.469 e. The van der Waals surface area contributed by atoms with Gasteiger partial charge in [-0.3, -0.25) is 4.79 Å². The van der Waals surface area contributed by atoms with Gasteiger partial charge in [0.2, 0.25) is 5.79 Å². The van der Waals surface area contributed by atoms with Gasteiger partial charge >= 0.3 is 5.97 Å². The Morgan fingerprint density at radius 2 is 2.04 bits per heavy atom. The summed E-state index contributed by atoms with van der Waals surface area (Å²) in [7, 11) is 0. The number of hydrogen-bond donors (Lipinski definition) is 1. The summed E-state index contributed by atoms with van der Waals surface area (Å²) in [6.45, 7) is 4.74. The van der Waals surface area contributed by atoms with Crippen molar-refractivity contribution in [1.82, 2.24) is 0 Å². The minimum Gasteiger partial charge on any atom is -0.469 e. The number of aliphatic hydroxyl groups excluding tert-OH is 1. The highest BCUT2D eigenvalue weighted by Gasteiger charge is 2.58. The monoisotopic (exact) mass is 362 g/mol. The van der Waals surface area contributed by atoms with E-state index >= 15 is 0 Å². The van der Waals surface area contributed by atoms with Gasteiger partial charge in [0.15, 0.2) is 0 Å². The molecule has 144 valence electrons. The maximum absolute atomic E-state index is 13.1. The number of carbonyl (C=O) groups excluding carboxylic acids is 1. The molecule has 5 heteroatoms. The van der Waals surface area contributed by atoms with Crippen molar-refractivity contribution in [2.45, 2.75) is 76.8 Å². The predicted octanol–water partition coefficient (Wildman–Crippen LogP) is 3.16. The normalized spacial score (nSPS) is 53.0. The van der Waals surface area contributed by atoms with E-state index in [1.54, 1.807) is 0 Å². The lowest BCUT2D eigenvalue weighted by molar-refractivity contribution is -0.166. The Kier molecular flexibility index (Phi) is 3.75. The van der Waals surface area contributed by atoms with Crippen molar-refractivity contribution in [3.8, 4) is 0 Å². The number of ether oxygens (including phenoxy) is 3. The van der Waals surface area contributed by atoms with E-state index in [0.717, 1.165) is 44.9 Å². The molecule has 2 saturated carbocycles. The molecule has 0 aromatic rings. The minimum absolute atomic E-state index is 0.0151. The van der Waals surface area contributed by atoms with Crippen LogP contribution in [-0.4, -0.2) is 35.7 Å². The van der Waals surface area contributed by atoms with Crippen molar-refractivity contribution in [3.63, 3.8) is 0 Å². The Morgan fingerprint density at radius 1 is 1.19 bits per heavy atom. The number of rotatable bonds is 0. The zero-order valence-corrected chi connectivity index (χ0v) is 15.8. The molecule has 0 unspecified atom stereocenters. The Bertz CT molecular complexity index is 644. The summed E-state index contributed by atoms with van der Waals surface area (Å²) in [5.74, 6) is 0.155. The maximum Gasteiger partial charge on any atom is 0.309 e. The van der Waals surface area contributed by atoms with E-state index in [2.05, 4.69) is 6.92 Å². The van der Waals surface area contributed by atoms with Crippen molar-refractivity contribution < 1.29 is 24.1 Å². The molecular weight excluding hydrogens is 332 g/mol. The first-order valence-electron chi connectivity index (χ1n) is 10.3. The van der Waals surface area contributed by atoms with Crippen LogP contribution < -0.4 is 0 Å². The van der Waals surface area contributed by atoms with Crippen molar-refractivity contribution in [2.75, 3.05) is 6.61 Å². The van der Waals surface area contributed by atoms with E-state index in [1.807, 2.05) is 13.2 Å². The standard InChI is InChI=1S/C21H30O5/c1-20-8-7-14(22)9-13(20)4-5-15-16(20)6-3-12-10-24-21(2)18(12)17(11-25-21)26-19(15)23/h10,13-18,22H,3-9,11H2,1-2H3/t13-,14-,15+,16-,17+,18+,20-,21-/m0/s1. The maximum atomic E-state index is 13.1. The van der Waals surface area contributed by atoms with E-state index in [4.69, 9.17) is 14.2 Å². The fourth-order valence-electron chi connectivity index (χ4n) is 6.78. The number of hydrogen-bond acceptors (Lipinski definition) is 5. The van der Waals surface area contributed by atoms with Crippen LogP contribution >= 0.6 is 0 Å². The van der Waals surface area contributed by atoms with Gasteiger partial charge in [0.1, 0.15) is 6.10 Å². The predicted molar refractivity (Wildman–Crippen MR) is 93.8 cm³/mol. The molecule has 0 aromatic heterocycles. The van der Waals surface area contributed by atoms with Crippen LogP contribution in [0.5, 0.6) is 0 Å². The molecule has 1 N–H and O–H groups in total. The van der Waals surface area contributed by atoms with Crippen molar-refractivity contribution in [3.05, 3.63) is 11.8 Å². The molecule has 0 radical (unpaired) electrons. The molecule has 0 amide bonds. The van der Waals surface area contributed by atoms with Gasteiger partial charge in [0.05, 0.1) is 30.8 Å². The lowest BCUT2D eigenvalue weighted by Gasteiger charge is -2.54. The minimum atomic E-state index is -0.669. The highest BCUT2D eigenvalue weighted by atomic mass is 16.7. The first kappa shape index (κ1) is 17.1. The summed E-state index contributed by atoms with van der Waals surface area (Å²) in [4.78, 5) is 13.1. The van der Waals surface area contributed by atoms with Crippen LogP contribution in [0.4, 0.5) is 0 Å². The number of esters is 1. The molecule has 0 aromatic carbocycles. The average Bonchev–Trinajstić information content (AvgIpc) is 3.10. The summed E-state index contributed by atoms with van der Waals surface area (Å²) in [6, 6.07) is 0. The van der Waals surface area contributed by atoms with E-state index in [1.165, 1.54) is 5.57 Å². The van der Waals surface area contributed by atoms with E-state index in [0.29, 0.717) is 18.4 Å². The zero-order valence-electron chi connectivity index (χ0n) is 15.8. The second kappa shape index (κ2) is 5.71. The molecule has 0 bridgehead atoms. The van der Waals surface area contributed by atoms with Crippen LogP contribution in [0, 0.1) is 29.1 Å². The van der Waals surface area contributed by atoms with E-state index < -0.39 is 5.79 Å². The lowest BCUT2D eigenvalue weighted by Crippen LogP contribution is -2.50. The Morgan fingerprint density at radius 3 is 2.88 bits per heavy atom. The summed E-state index contributed by atoms with van der Waals surface area (Å²) >= 11 is 0. The lowest BCUT2D eigenvalue weighted by atomic mass is 9.51. The molecule has 3 aliphatic heterocycles. The molecular formula is C21H30O5. The summed E-state index contributed by atoms with van der Waals surface area (Å²) < 4.78 is 17.7. The first-order valence-corrected chi connectivity index (χ1v) is 10.3. The number of aliphatic hydroxyl groups is 1. The Balaban J connectivity index is 1.47. The molecule has 26 heavy (non-hydrogen) atoms. The van der Waals surface area contributed by atoms with Crippen LogP contribution in [0.3, 0.4) is 0 Å². The molecule has 0 spiro atoms. The van der Waals surface area contributed by atoms with Gasteiger partial charge < -0.3 is 19.3 Å². The highest BCUT2D eigenvalue weighted by molar-refractivity contribution is 5.73. The zero-order chi connectivity index (χ0) is 18.1. The second-order valence-corrected chi connectivity index (χ2v) is 9.55. The summed E-state index contributed by atoms with van der Waals surface area (Å²) in [5, 5.41) is 10.1. The van der Waals surface area contributed by atoms with Crippen molar-refractivity contribution in [2.24, 2.45) is 29.1 Å². The molecule has 5 rings (SSSR count). The van der Waals surface area contributed by atoms with Gasteiger partial charge in [-0.2, -0.15) is 0 Å². The van der Waals surface area contributed by atoms with Gasteiger partial charge in [-0.25, -0.2) is 0 Å². The fraction of sp³-hybridized carbons (Fsp3) is 0.857. The topological polar surface area (TPSA) is 65.0 Å². The van der Waals surface area contributed by atoms with Crippen LogP contribution in [0.2, 0.25) is 0 Å². The Labute approximate surface area is 155 Å². The number of carbonyl (C=O) groups is 1. The van der Waals surface area contributed by atoms with Crippen molar-refractivity contribution in [1.29, 1.82) is 0 Å². The third-order valence-electron chi connectivity index (χ3n) is 8.29. The van der Waals surface area contributed by atoms with Crippen LogP contribution in [0.1, 0.15) is 58.8 Å². The summed E-state index contributed by atoms with van der Waals surface area (Å²) in [5.41, 5.74) is 1.37. The molecule has 2 aliphatic carbocycles. The highest BCUT2D eigenvalue weighted by Crippen LogP contribution is 2.58. The van der Waals surface area contributed by atoms with Crippen LogP contribution in [0.15, 0.2) is 11.8 Å². The second-order valence-electron chi connectivity index (χ2n) is 9.55. The SMILES string of the molecule is C[C@]12OC=C3CC[C@H]4[C@@H](CC[C@H]5C[C@@H](O)CC[C@@]54C)C(=O)O[C@H](CO1)[C@@H]32. The smallest absolute Gasteiger partial charge is 0.309 e. The van der Waals surface area contributed by atoms with Gasteiger partial charge in [0, 0.05) is 6.92 Å². The van der Waals surface area contributed by atoms with Gasteiger partial charge in [-0.15, -0.1) is 0 Å². The van der Waals surface area contributed by atoms with Gasteiger partial charge in [0.25, 0.3) is 0 Å². The molecule has 2 saturated heterocycles. The van der Waals surface area contributed by atoms with E-state index in [-0.39, 0.29) is 35.4 Å². The van der Waals surface area contributed by atoms with Crippen LogP contribution in [-0.2, 0) is 19.0 Å². The molecule has 3 heterocycles. The van der Waals surface area contributed by atoms with Gasteiger partial charge in [-0.05, 0) is 67.8 Å². The third-order valence-corrected chi connectivity index (χ3v) is 8.29. The average molecular weight is 362 g/mol. The fourth-order valence-corrected chi connectivity index (χ4v) is 6.78. The molecule has 8 atom stereocenters. The van der Waals surface area contributed by atoms with Crippen LogP contribution in [0.25, 0.3) is 0 Å². The molecule has 5 aliphatic rings. The third kappa shape index (κ3) is 2.32.